The van der Waals surface area contributed by atoms with Gasteiger partial charge < -0.3 is 14.7 Å². The van der Waals surface area contributed by atoms with Crippen LogP contribution in [0.25, 0.3) is 0 Å². The highest BCUT2D eigenvalue weighted by atomic mass is 32.2. The van der Waals surface area contributed by atoms with E-state index < -0.39 is 0 Å². The Morgan fingerprint density at radius 1 is 1.26 bits per heavy atom. The summed E-state index contributed by atoms with van der Waals surface area (Å²) >= 11 is 3.53. The van der Waals surface area contributed by atoms with Gasteiger partial charge in [-0.3, -0.25) is 0 Å². The fraction of sp³-hybridized carbons (Fsp3) is 0.444. The van der Waals surface area contributed by atoms with Crippen LogP contribution >= 0.6 is 23.1 Å². The second kappa shape index (κ2) is 6.22. The summed E-state index contributed by atoms with van der Waals surface area (Å²) in [5.74, 6) is 0.408. The summed E-state index contributed by atoms with van der Waals surface area (Å²) in [4.78, 5) is 4.56. The van der Waals surface area contributed by atoms with Gasteiger partial charge in [0, 0.05) is 27.8 Å². The first-order valence-corrected chi connectivity index (χ1v) is 9.59. The van der Waals surface area contributed by atoms with Crippen LogP contribution in [0, 0.1) is 0 Å². The summed E-state index contributed by atoms with van der Waals surface area (Å²) < 4.78 is 7.74. The Balaban J connectivity index is 1.77. The molecule has 0 amide bonds. The molecule has 0 spiro atoms. The number of hydrogen-bond acceptors (Lipinski definition) is 5. The van der Waals surface area contributed by atoms with Gasteiger partial charge in [0.05, 0.1) is 23.0 Å². The number of thiophene rings is 1. The predicted octanol–water partition coefficient (Wildman–Crippen LogP) is 3.88. The summed E-state index contributed by atoms with van der Waals surface area (Å²) in [6.07, 6.45) is 1.44. The number of rotatable bonds is 3. The zero-order chi connectivity index (χ0) is 16.0. The first-order valence-electron chi connectivity index (χ1n) is 7.96. The lowest BCUT2D eigenvalue weighted by Crippen LogP contribution is -2.25. The van der Waals surface area contributed by atoms with E-state index in [2.05, 4.69) is 49.3 Å². The zero-order valence-electron chi connectivity index (χ0n) is 13.4. The highest BCUT2D eigenvalue weighted by Crippen LogP contribution is 2.55. The molecule has 0 radical (unpaired) electrons. The van der Waals surface area contributed by atoms with Crippen molar-refractivity contribution in [2.45, 2.75) is 40.3 Å². The molecular weight excluding hydrogens is 326 g/mol. The number of nitrogens with zero attached hydrogens (tertiary/aromatic N) is 1. The number of aliphatic hydroxyl groups excluding tert-OH is 1. The lowest BCUT2D eigenvalue weighted by Gasteiger charge is -2.18. The molecule has 3 atom stereocenters. The number of fused-ring (bicyclic) bond motifs is 5. The fourth-order valence-electron chi connectivity index (χ4n) is 3.64. The lowest BCUT2D eigenvalue weighted by atomic mass is 9.88. The maximum absolute atomic E-state index is 9.52. The molecule has 4 rings (SSSR count). The smallest absolute Gasteiger partial charge is 0.0918 e. The minimum absolute atomic E-state index is 0.110. The summed E-state index contributed by atoms with van der Waals surface area (Å²) in [5, 5.41) is 9.52. The highest BCUT2D eigenvalue weighted by Gasteiger charge is 2.41. The van der Waals surface area contributed by atoms with E-state index in [0.717, 1.165) is 17.8 Å². The monoisotopic (exact) mass is 347 g/mol. The molecule has 3 heterocycles. The third kappa shape index (κ3) is 2.85. The van der Waals surface area contributed by atoms with Gasteiger partial charge in [-0.25, -0.2) is 0 Å². The molecule has 0 aliphatic carbocycles. The quantitative estimate of drug-likeness (QED) is 0.913. The zero-order valence-corrected chi connectivity index (χ0v) is 15.0. The SMILES string of the molecule is CN(C)CC1CC2c3ccccc3Sc3sc(CO)cc3C2O1. The van der Waals surface area contributed by atoms with Crippen LogP contribution in [0.2, 0.25) is 0 Å². The first kappa shape index (κ1) is 15.7. The van der Waals surface area contributed by atoms with E-state index in [-0.39, 0.29) is 18.8 Å². The Morgan fingerprint density at radius 2 is 2.09 bits per heavy atom. The molecule has 1 fully saturated rings. The van der Waals surface area contributed by atoms with E-state index in [4.69, 9.17) is 4.74 Å². The molecule has 2 aliphatic rings. The minimum Gasteiger partial charge on any atom is -0.391 e. The van der Waals surface area contributed by atoms with Gasteiger partial charge in [-0.15, -0.1) is 11.3 Å². The van der Waals surface area contributed by atoms with Gasteiger partial charge >= 0.3 is 0 Å². The molecule has 0 saturated carbocycles. The van der Waals surface area contributed by atoms with Crippen molar-refractivity contribution in [3.8, 4) is 0 Å². The normalized spacial score (nSPS) is 25.8. The summed E-state index contributed by atoms with van der Waals surface area (Å²) in [7, 11) is 4.20. The van der Waals surface area contributed by atoms with E-state index >= 15 is 0 Å². The average Bonchev–Trinajstić information content (AvgIpc) is 3.08. The van der Waals surface area contributed by atoms with Gasteiger partial charge in [-0.05, 0) is 38.2 Å². The van der Waals surface area contributed by atoms with Crippen molar-refractivity contribution in [1.29, 1.82) is 0 Å². The number of ether oxygens (including phenoxy) is 1. The van der Waals surface area contributed by atoms with Gasteiger partial charge in [0.15, 0.2) is 0 Å². The van der Waals surface area contributed by atoms with Gasteiger partial charge in [0.25, 0.3) is 0 Å². The average molecular weight is 348 g/mol. The second-order valence-corrected chi connectivity index (χ2v) is 8.98. The van der Waals surface area contributed by atoms with Gasteiger partial charge in [-0.1, -0.05) is 30.0 Å². The van der Waals surface area contributed by atoms with Crippen LogP contribution in [-0.4, -0.2) is 36.8 Å². The van der Waals surface area contributed by atoms with E-state index in [0.29, 0.717) is 5.92 Å². The van der Waals surface area contributed by atoms with Crippen molar-refractivity contribution < 1.29 is 9.84 Å². The molecule has 2 aromatic rings. The molecule has 122 valence electrons. The van der Waals surface area contributed by atoms with Gasteiger partial charge in [-0.2, -0.15) is 0 Å². The predicted molar refractivity (Wildman–Crippen MR) is 94.3 cm³/mol. The Kier molecular flexibility index (Phi) is 4.24. The van der Waals surface area contributed by atoms with Crippen molar-refractivity contribution in [1.82, 2.24) is 4.90 Å². The number of hydrogen-bond donors (Lipinski definition) is 1. The van der Waals surface area contributed by atoms with Crippen LogP contribution in [-0.2, 0) is 11.3 Å². The molecule has 1 aromatic carbocycles. The molecule has 23 heavy (non-hydrogen) atoms. The van der Waals surface area contributed by atoms with E-state index in [9.17, 15) is 5.11 Å². The van der Waals surface area contributed by atoms with Gasteiger partial charge in [0.1, 0.15) is 0 Å². The third-order valence-corrected chi connectivity index (χ3v) is 6.99. The van der Waals surface area contributed by atoms with Crippen LogP contribution in [0.15, 0.2) is 39.4 Å². The van der Waals surface area contributed by atoms with E-state index in [1.807, 2.05) is 11.8 Å². The maximum Gasteiger partial charge on any atom is 0.0918 e. The maximum atomic E-state index is 9.52. The van der Waals surface area contributed by atoms with Crippen LogP contribution in [0.3, 0.4) is 0 Å². The van der Waals surface area contributed by atoms with Crippen molar-refractivity contribution >= 4 is 23.1 Å². The number of likely N-dealkylation sites (N-methyl/N-ethyl adjacent to an activating group) is 1. The minimum atomic E-state index is 0.110. The summed E-state index contributed by atoms with van der Waals surface area (Å²) in [6.45, 7) is 1.06. The van der Waals surface area contributed by atoms with Crippen LogP contribution in [0.1, 0.15) is 34.4 Å². The largest absolute Gasteiger partial charge is 0.391 e. The first-order chi connectivity index (χ1) is 11.2. The summed E-state index contributed by atoms with van der Waals surface area (Å²) in [6, 6.07) is 10.9. The van der Waals surface area contributed by atoms with Crippen LogP contribution < -0.4 is 0 Å². The third-order valence-electron chi connectivity index (χ3n) is 4.55. The van der Waals surface area contributed by atoms with Gasteiger partial charge in [0.2, 0.25) is 0 Å². The van der Waals surface area contributed by atoms with Crippen molar-refractivity contribution in [2.75, 3.05) is 20.6 Å². The molecule has 1 N–H and O–H groups in total. The topological polar surface area (TPSA) is 32.7 Å². The van der Waals surface area contributed by atoms with Crippen molar-refractivity contribution in [3.63, 3.8) is 0 Å². The lowest BCUT2D eigenvalue weighted by molar-refractivity contribution is 0.0263. The van der Waals surface area contributed by atoms with Crippen LogP contribution in [0.4, 0.5) is 0 Å². The Hall–Kier alpha value is -0.850. The Morgan fingerprint density at radius 3 is 2.87 bits per heavy atom. The van der Waals surface area contributed by atoms with Crippen molar-refractivity contribution in [3.05, 3.63) is 46.3 Å². The fourth-order valence-corrected chi connectivity index (χ4v) is 6.16. The molecule has 1 saturated heterocycles. The van der Waals surface area contributed by atoms with E-state index in [1.165, 1.54) is 20.2 Å². The highest BCUT2D eigenvalue weighted by molar-refractivity contribution is 8.01. The standard InChI is InChI=1S/C18H21NO2S2/c1-19(2)9-11-7-14-13-5-3-4-6-16(13)23-18-15(17(14)21-11)8-12(10-20)22-18/h3-6,8,11,14,17,20H,7,9-10H2,1-2H3. The molecule has 5 heteroatoms. The Bertz CT molecular complexity index is 713. The molecule has 0 bridgehead atoms. The summed E-state index contributed by atoms with van der Waals surface area (Å²) in [5.41, 5.74) is 2.68. The molecule has 3 nitrogen and oxygen atoms in total. The number of benzene rings is 1. The van der Waals surface area contributed by atoms with Crippen LogP contribution in [0.5, 0.6) is 0 Å². The van der Waals surface area contributed by atoms with Crippen molar-refractivity contribution in [2.24, 2.45) is 0 Å². The molecule has 3 unspecified atom stereocenters. The second-order valence-electron chi connectivity index (χ2n) is 6.54. The molecular formula is C18H21NO2S2. The number of aliphatic hydroxyl groups is 1. The molecule has 2 aliphatic heterocycles. The Labute approximate surface area is 145 Å². The van der Waals surface area contributed by atoms with E-state index in [1.54, 1.807) is 11.3 Å². The molecule has 1 aromatic heterocycles.